The molecule has 0 aliphatic carbocycles. The first-order valence-corrected chi connectivity index (χ1v) is 9.02. The maximum Gasteiger partial charge on any atom is 0.253 e. The summed E-state index contributed by atoms with van der Waals surface area (Å²) < 4.78 is 0. The van der Waals surface area contributed by atoms with Gasteiger partial charge in [-0.3, -0.25) is 9.59 Å². The highest BCUT2D eigenvalue weighted by molar-refractivity contribution is 6.03. The zero-order valence-electron chi connectivity index (χ0n) is 15.4. The van der Waals surface area contributed by atoms with E-state index in [1.807, 2.05) is 50.2 Å². The van der Waals surface area contributed by atoms with E-state index in [9.17, 15) is 9.59 Å². The Labute approximate surface area is 155 Å². The molecular formula is C21H27N3O2. The molecule has 2 aromatic carbocycles. The zero-order chi connectivity index (χ0) is 18.8. The Bertz CT molecular complexity index is 714. The second-order valence-corrected chi connectivity index (χ2v) is 6.59. The highest BCUT2D eigenvalue weighted by Crippen LogP contribution is 2.16. The Kier molecular flexibility index (Phi) is 7.68. The first-order chi connectivity index (χ1) is 12.6. The van der Waals surface area contributed by atoms with Crippen molar-refractivity contribution in [3.63, 3.8) is 0 Å². The summed E-state index contributed by atoms with van der Waals surface area (Å²) in [6.45, 7) is 5.31. The van der Waals surface area contributed by atoms with Crippen LogP contribution in [0.25, 0.3) is 0 Å². The fourth-order valence-corrected chi connectivity index (χ4v) is 2.54. The molecule has 5 heteroatoms. The Morgan fingerprint density at radius 3 is 2.35 bits per heavy atom. The minimum Gasteiger partial charge on any atom is -0.385 e. The Hall–Kier alpha value is -2.82. The molecule has 0 unspecified atom stereocenters. The third kappa shape index (κ3) is 6.59. The number of nitrogens with one attached hydrogen (secondary N) is 3. The second-order valence-electron chi connectivity index (χ2n) is 6.59. The van der Waals surface area contributed by atoms with Crippen LogP contribution in [0.2, 0.25) is 0 Å². The molecule has 0 bridgehead atoms. The van der Waals surface area contributed by atoms with E-state index in [-0.39, 0.29) is 17.7 Å². The van der Waals surface area contributed by atoms with Gasteiger partial charge in [-0.05, 0) is 36.6 Å². The SMILES string of the molecule is CC(C)CC(=O)Nc1ccccc1C(=O)NCCCNc1ccccc1. The molecule has 2 aromatic rings. The third-order valence-electron chi connectivity index (χ3n) is 3.78. The van der Waals surface area contributed by atoms with Gasteiger partial charge in [0.05, 0.1) is 11.3 Å². The smallest absolute Gasteiger partial charge is 0.253 e. The lowest BCUT2D eigenvalue weighted by Gasteiger charge is -2.12. The number of amides is 2. The van der Waals surface area contributed by atoms with E-state index in [2.05, 4.69) is 16.0 Å². The van der Waals surface area contributed by atoms with E-state index >= 15 is 0 Å². The number of rotatable bonds is 9. The lowest BCUT2D eigenvalue weighted by molar-refractivity contribution is -0.116. The van der Waals surface area contributed by atoms with Gasteiger partial charge in [-0.2, -0.15) is 0 Å². The molecule has 0 aliphatic rings. The third-order valence-corrected chi connectivity index (χ3v) is 3.78. The molecule has 0 aromatic heterocycles. The maximum atomic E-state index is 12.4. The van der Waals surface area contributed by atoms with Crippen molar-refractivity contribution >= 4 is 23.2 Å². The van der Waals surface area contributed by atoms with E-state index in [0.717, 1.165) is 18.7 Å². The summed E-state index contributed by atoms with van der Waals surface area (Å²) in [6.07, 6.45) is 1.24. The van der Waals surface area contributed by atoms with Crippen molar-refractivity contribution in [1.82, 2.24) is 5.32 Å². The van der Waals surface area contributed by atoms with Gasteiger partial charge in [0, 0.05) is 25.2 Å². The number of benzene rings is 2. The van der Waals surface area contributed by atoms with Crippen LogP contribution in [0.15, 0.2) is 54.6 Å². The van der Waals surface area contributed by atoms with Gasteiger partial charge in [-0.1, -0.05) is 44.2 Å². The van der Waals surface area contributed by atoms with E-state index in [1.165, 1.54) is 0 Å². The molecule has 0 heterocycles. The van der Waals surface area contributed by atoms with Crippen LogP contribution >= 0.6 is 0 Å². The van der Waals surface area contributed by atoms with Crippen molar-refractivity contribution in [2.24, 2.45) is 5.92 Å². The standard InChI is InChI=1S/C21H27N3O2/c1-16(2)15-20(25)24-19-12-7-6-11-18(19)21(26)23-14-8-13-22-17-9-4-3-5-10-17/h3-7,9-12,16,22H,8,13-15H2,1-2H3,(H,23,26)(H,24,25). The summed E-state index contributed by atoms with van der Waals surface area (Å²) in [6, 6.07) is 17.0. The number of hydrogen-bond acceptors (Lipinski definition) is 3. The molecule has 5 nitrogen and oxygen atoms in total. The topological polar surface area (TPSA) is 70.2 Å². The van der Waals surface area contributed by atoms with Crippen molar-refractivity contribution in [3.05, 3.63) is 60.2 Å². The number of hydrogen-bond donors (Lipinski definition) is 3. The van der Waals surface area contributed by atoms with Crippen molar-refractivity contribution in [2.45, 2.75) is 26.7 Å². The molecule has 0 atom stereocenters. The van der Waals surface area contributed by atoms with Crippen LogP contribution in [-0.2, 0) is 4.79 Å². The summed E-state index contributed by atoms with van der Waals surface area (Å²) in [7, 11) is 0. The largest absolute Gasteiger partial charge is 0.385 e. The monoisotopic (exact) mass is 353 g/mol. The van der Waals surface area contributed by atoms with Crippen LogP contribution in [0.1, 0.15) is 37.0 Å². The van der Waals surface area contributed by atoms with Crippen LogP contribution < -0.4 is 16.0 Å². The van der Waals surface area contributed by atoms with Gasteiger partial charge in [0.25, 0.3) is 5.91 Å². The molecule has 0 radical (unpaired) electrons. The van der Waals surface area contributed by atoms with Crippen LogP contribution in [0, 0.1) is 5.92 Å². The molecule has 2 rings (SSSR count). The van der Waals surface area contributed by atoms with Gasteiger partial charge in [0.1, 0.15) is 0 Å². The molecular weight excluding hydrogens is 326 g/mol. The van der Waals surface area contributed by atoms with Gasteiger partial charge >= 0.3 is 0 Å². The Morgan fingerprint density at radius 2 is 1.62 bits per heavy atom. The van der Waals surface area contributed by atoms with E-state index in [4.69, 9.17) is 0 Å². The molecule has 0 aliphatic heterocycles. The predicted octanol–water partition coefficient (Wildman–Crippen LogP) is 3.90. The van der Waals surface area contributed by atoms with Gasteiger partial charge in [-0.25, -0.2) is 0 Å². The molecule has 0 saturated carbocycles. The molecule has 0 fully saturated rings. The van der Waals surface area contributed by atoms with E-state index < -0.39 is 0 Å². The normalized spacial score (nSPS) is 10.4. The van der Waals surface area contributed by atoms with Crippen molar-refractivity contribution in [2.75, 3.05) is 23.7 Å². The lowest BCUT2D eigenvalue weighted by Crippen LogP contribution is -2.27. The van der Waals surface area contributed by atoms with Crippen molar-refractivity contribution in [1.29, 1.82) is 0 Å². The minimum atomic E-state index is -0.176. The van der Waals surface area contributed by atoms with Crippen LogP contribution in [0.5, 0.6) is 0 Å². The molecule has 3 N–H and O–H groups in total. The number of carbonyl (C=O) groups excluding carboxylic acids is 2. The second kappa shape index (κ2) is 10.2. The van der Waals surface area contributed by atoms with Crippen LogP contribution in [0.4, 0.5) is 11.4 Å². The summed E-state index contributed by atoms with van der Waals surface area (Å²) in [5, 5.41) is 9.05. The molecule has 138 valence electrons. The molecule has 0 spiro atoms. The lowest BCUT2D eigenvalue weighted by atomic mass is 10.1. The minimum absolute atomic E-state index is 0.0766. The molecule has 0 saturated heterocycles. The Balaban J connectivity index is 1.80. The number of para-hydroxylation sites is 2. The average Bonchev–Trinajstić information content (AvgIpc) is 2.62. The fourth-order valence-electron chi connectivity index (χ4n) is 2.54. The predicted molar refractivity (Wildman–Crippen MR) is 106 cm³/mol. The zero-order valence-corrected chi connectivity index (χ0v) is 15.4. The quantitative estimate of drug-likeness (QED) is 0.599. The highest BCUT2D eigenvalue weighted by atomic mass is 16.2. The first kappa shape index (κ1) is 19.5. The average molecular weight is 353 g/mol. The van der Waals surface area contributed by atoms with Crippen LogP contribution in [0.3, 0.4) is 0 Å². The molecule has 26 heavy (non-hydrogen) atoms. The van der Waals surface area contributed by atoms with Gasteiger partial charge in [0.2, 0.25) is 5.91 Å². The fraction of sp³-hybridized carbons (Fsp3) is 0.333. The number of anilines is 2. The molecule has 2 amide bonds. The van der Waals surface area contributed by atoms with Crippen molar-refractivity contribution in [3.8, 4) is 0 Å². The number of carbonyl (C=O) groups is 2. The van der Waals surface area contributed by atoms with Crippen molar-refractivity contribution < 1.29 is 9.59 Å². The van der Waals surface area contributed by atoms with Gasteiger partial charge in [0.15, 0.2) is 0 Å². The van der Waals surface area contributed by atoms with Gasteiger partial charge < -0.3 is 16.0 Å². The highest BCUT2D eigenvalue weighted by Gasteiger charge is 2.13. The van der Waals surface area contributed by atoms with Gasteiger partial charge in [-0.15, -0.1) is 0 Å². The van der Waals surface area contributed by atoms with E-state index in [0.29, 0.717) is 24.2 Å². The summed E-state index contributed by atoms with van der Waals surface area (Å²) in [5.74, 6) is 0.0190. The summed E-state index contributed by atoms with van der Waals surface area (Å²) >= 11 is 0. The first-order valence-electron chi connectivity index (χ1n) is 9.02. The summed E-state index contributed by atoms with van der Waals surface area (Å²) in [5.41, 5.74) is 2.11. The van der Waals surface area contributed by atoms with Crippen LogP contribution in [-0.4, -0.2) is 24.9 Å². The maximum absolute atomic E-state index is 12.4. The Morgan fingerprint density at radius 1 is 0.923 bits per heavy atom. The van der Waals surface area contributed by atoms with E-state index in [1.54, 1.807) is 18.2 Å². The summed E-state index contributed by atoms with van der Waals surface area (Å²) in [4.78, 5) is 24.4.